The Hall–Kier alpha value is -2.15. The van der Waals surface area contributed by atoms with Crippen LogP contribution in [0.15, 0.2) is 59.5 Å². The minimum Gasteiger partial charge on any atom is -0.482 e. The van der Waals surface area contributed by atoms with Gasteiger partial charge in [0.25, 0.3) is 0 Å². The van der Waals surface area contributed by atoms with Gasteiger partial charge in [-0.1, -0.05) is 30.3 Å². The lowest BCUT2D eigenvalue weighted by molar-refractivity contribution is 0.0817. The number of hydrogen-bond donors (Lipinski definition) is 1. The molecule has 31 heavy (non-hydrogen) atoms. The van der Waals surface area contributed by atoms with Crippen molar-refractivity contribution >= 4 is 15.6 Å². The fourth-order valence-electron chi connectivity index (χ4n) is 4.80. The van der Waals surface area contributed by atoms with E-state index in [1.165, 1.54) is 0 Å². The van der Waals surface area contributed by atoms with Crippen LogP contribution >= 0.6 is 0 Å². The second-order valence-electron chi connectivity index (χ2n) is 9.04. The van der Waals surface area contributed by atoms with Crippen LogP contribution in [0.2, 0.25) is 0 Å². The van der Waals surface area contributed by atoms with Crippen molar-refractivity contribution in [2.45, 2.75) is 63.1 Å². The summed E-state index contributed by atoms with van der Waals surface area (Å²) in [5.74, 6) is 0.905. The number of piperidine rings is 1. The van der Waals surface area contributed by atoms with Crippen molar-refractivity contribution in [3.05, 3.63) is 65.7 Å². The average molecular weight is 442 g/mol. The molecule has 1 saturated heterocycles. The Morgan fingerprint density at radius 2 is 1.61 bits per heavy atom. The van der Waals surface area contributed by atoms with Gasteiger partial charge in [-0.25, -0.2) is 4.21 Å². The highest BCUT2D eigenvalue weighted by molar-refractivity contribution is 7.89. The second kappa shape index (κ2) is 8.41. The van der Waals surface area contributed by atoms with Crippen molar-refractivity contribution in [2.75, 3.05) is 13.1 Å². The van der Waals surface area contributed by atoms with Gasteiger partial charge in [-0.3, -0.25) is 0 Å². The Balaban J connectivity index is 1.74. The van der Waals surface area contributed by atoms with Crippen LogP contribution in [-0.4, -0.2) is 43.5 Å². The number of hydrogen-bond acceptors (Lipinski definition) is 3. The quantitative estimate of drug-likeness (QED) is 0.690. The highest BCUT2D eigenvalue weighted by atomic mass is 32.2. The lowest BCUT2D eigenvalue weighted by atomic mass is 9.83. The molecule has 2 heterocycles. The molecule has 1 unspecified atom stereocenters. The molecule has 1 fully saturated rings. The van der Waals surface area contributed by atoms with Crippen LogP contribution in [0.3, 0.4) is 0 Å². The number of nitrogens with one attached hydrogen (secondary N) is 1. The summed E-state index contributed by atoms with van der Waals surface area (Å²) in [7, 11) is -3.30. The van der Waals surface area contributed by atoms with E-state index in [4.69, 9.17) is 4.74 Å². The van der Waals surface area contributed by atoms with Crippen molar-refractivity contribution in [2.24, 2.45) is 0 Å². The second-order valence-corrected chi connectivity index (χ2v) is 10.9. The van der Waals surface area contributed by atoms with E-state index >= 15 is 0 Å². The van der Waals surface area contributed by atoms with Gasteiger partial charge in [0.2, 0.25) is 0 Å². The molecule has 0 bridgehead atoms. The Morgan fingerprint density at radius 3 is 2.23 bits per heavy atom. The van der Waals surface area contributed by atoms with Gasteiger partial charge in [-0.2, -0.15) is 8.51 Å². The van der Waals surface area contributed by atoms with Crippen molar-refractivity contribution in [3.8, 4) is 5.75 Å². The molecule has 0 aromatic heterocycles. The number of ether oxygens (including phenoxy) is 1. The standard InChI is InChI=1S/C25H32N2O3S/c1-18(2)27(19(3)4)31(28,29)21-11-9-20(10-12-21)23-17-25(13-15-26-16-14-25)30-24-8-6-5-7-22(23)24/h5-12,17-19,26H,13-16H2,1-4H3/p+1. The monoisotopic (exact) mass is 441 g/mol. The van der Waals surface area contributed by atoms with Gasteiger partial charge >= 0.3 is 10.0 Å². The van der Waals surface area contributed by atoms with Crippen LogP contribution < -0.4 is 10.1 Å². The molecule has 6 heteroatoms. The zero-order chi connectivity index (χ0) is 22.2. The molecule has 2 aromatic rings. The van der Waals surface area contributed by atoms with Gasteiger partial charge in [0, 0.05) is 30.5 Å². The minimum atomic E-state index is -3.30. The Labute approximate surface area is 186 Å². The zero-order valence-corrected chi connectivity index (χ0v) is 19.6. The maximum atomic E-state index is 13.3. The van der Waals surface area contributed by atoms with Gasteiger partial charge in [-0.15, -0.1) is 0 Å². The fraction of sp³-hybridized carbons (Fsp3) is 0.440. The molecule has 0 amide bonds. The van der Waals surface area contributed by atoms with Crippen LogP contribution in [0, 0.1) is 0 Å². The van der Waals surface area contributed by atoms with Crippen molar-refractivity contribution < 1.29 is 13.2 Å². The minimum absolute atomic E-state index is 0.0398. The van der Waals surface area contributed by atoms with Crippen LogP contribution in [0.25, 0.3) is 5.57 Å². The number of rotatable bonds is 5. The van der Waals surface area contributed by atoms with Gasteiger partial charge in [0.1, 0.15) is 16.2 Å². The van der Waals surface area contributed by atoms with E-state index < -0.39 is 10.0 Å². The third-order valence-electron chi connectivity index (χ3n) is 6.12. The summed E-state index contributed by atoms with van der Waals surface area (Å²) in [6.45, 7) is 9.66. The molecule has 5 nitrogen and oxygen atoms in total. The normalized spacial score (nSPS) is 19.8. The fourth-order valence-corrected chi connectivity index (χ4v) is 6.68. The van der Waals surface area contributed by atoms with Crippen molar-refractivity contribution in [1.82, 2.24) is 9.62 Å². The lowest BCUT2D eigenvalue weighted by Crippen LogP contribution is -2.46. The molecule has 0 saturated carbocycles. The largest absolute Gasteiger partial charge is 0.482 e. The maximum absolute atomic E-state index is 13.3. The van der Waals surface area contributed by atoms with Crippen molar-refractivity contribution in [1.29, 1.82) is 0 Å². The summed E-state index contributed by atoms with van der Waals surface area (Å²) in [6.07, 6.45) is 4.10. The molecular weight excluding hydrogens is 408 g/mol. The Bertz CT molecular complexity index is 1060. The number of benzene rings is 2. The number of para-hydroxylation sites is 1. The first-order valence-corrected chi connectivity index (χ1v) is 12.6. The summed E-state index contributed by atoms with van der Waals surface area (Å²) >= 11 is 0. The van der Waals surface area contributed by atoms with Crippen molar-refractivity contribution in [3.63, 3.8) is 0 Å². The zero-order valence-electron chi connectivity index (χ0n) is 18.8. The van der Waals surface area contributed by atoms with Crippen LogP contribution in [0.1, 0.15) is 51.7 Å². The first kappa shape index (κ1) is 22.1. The summed E-state index contributed by atoms with van der Waals surface area (Å²) in [5.41, 5.74) is 2.93. The topological polar surface area (TPSA) is 63.0 Å². The van der Waals surface area contributed by atoms with Gasteiger partial charge < -0.3 is 10.1 Å². The number of nitrogens with zero attached hydrogens (tertiary/aromatic N) is 1. The third kappa shape index (κ3) is 4.16. The van der Waals surface area contributed by atoms with Crippen LogP contribution in [-0.2, 0) is 10.0 Å². The van der Waals surface area contributed by atoms with Gasteiger partial charge in [0.15, 0.2) is 0 Å². The summed E-state index contributed by atoms with van der Waals surface area (Å²) in [5, 5.41) is 3.41. The predicted molar refractivity (Wildman–Crippen MR) is 126 cm³/mol. The molecule has 1 spiro atoms. The molecule has 0 aliphatic carbocycles. The van der Waals surface area contributed by atoms with E-state index in [2.05, 4.69) is 17.5 Å². The van der Waals surface area contributed by atoms with E-state index in [0.717, 1.165) is 48.4 Å². The van der Waals surface area contributed by atoms with Crippen LogP contribution in [0.4, 0.5) is 0 Å². The molecule has 166 valence electrons. The van der Waals surface area contributed by atoms with Gasteiger partial charge in [-0.05, 0) is 76.2 Å². The molecule has 2 aliphatic heterocycles. The summed E-state index contributed by atoms with van der Waals surface area (Å²) in [4.78, 5) is 0.441. The summed E-state index contributed by atoms with van der Waals surface area (Å²) < 4.78 is 32.4. The third-order valence-corrected chi connectivity index (χ3v) is 8.42. The molecule has 0 radical (unpaired) electrons. The Morgan fingerprint density at radius 1 is 1.00 bits per heavy atom. The molecule has 4 rings (SSSR count). The SMILES string of the molecule is CC(C)N(C(C)C)S(=O)(=[OH+])c1ccc(C2=CC3(CCNCC3)Oc3ccccc32)cc1. The van der Waals surface area contributed by atoms with E-state index in [0.29, 0.717) is 4.90 Å². The first-order chi connectivity index (χ1) is 14.7. The highest BCUT2D eigenvalue weighted by Crippen LogP contribution is 2.42. The molecule has 2 N–H and O–H groups in total. The van der Waals surface area contributed by atoms with Crippen LogP contribution in [0.5, 0.6) is 5.75 Å². The van der Waals surface area contributed by atoms with E-state index in [1.807, 2.05) is 58.0 Å². The molecule has 2 aliphatic rings. The van der Waals surface area contributed by atoms with Gasteiger partial charge in [0.05, 0.1) is 0 Å². The van der Waals surface area contributed by atoms with E-state index in [1.54, 1.807) is 16.4 Å². The summed E-state index contributed by atoms with van der Waals surface area (Å²) in [6, 6.07) is 15.6. The average Bonchev–Trinajstić information content (AvgIpc) is 2.73. The predicted octanol–water partition coefficient (Wildman–Crippen LogP) is 4.60. The van der Waals surface area contributed by atoms with E-state index in [-0.39, 0.29) is 17.7 Å². The Kier molecular flexibility index (Phi) is 5.99. The smallest absolute Gasteiger partial charge is 0.376 e. The molecular formula is C25H33N2O3S+. The lowest BCUT2D eigenvalue weighted by Gasteiger charge is -2.40. The first-order valence-electron chi connectivity index (χ1n) is 11.1. The molecule has 1 atom stereocenters. The number of fused-ring (bicyclic) bond motifs is 1. The molecule has 2 aromatic carbocycles. The highest BCUT2D eigenvalue weighted by Gasteiger charge is 2.38. The van der Waals surface area contributed by atoms with E-state index in [9.17, 15) is 8.42 Å². The maximum Gasteiger partial charge on any atom is 0.376 e.